The number of hydrogen-bond donors (Lipinski definition) is 4. The van der Waals surface area contributed by atoms with E-state index in [1.165, 1.54) is 14.2 Å². The number of ketones is 1. The lowest BCUT2D eigenvalue weighted by molar-refractivity contribution is -0.128. The standard InChI is InChI=1S/C20H32O9/c1-12(10-28-11-16(15(23)9-22)29-8-7-21)5-6-14-13(2)17(24)19(26-3)20(27-4)18(14)25/h5,7-8,13-16,18,21-23,25H,6,9-11H2,1-4H3/b8-7-,12-5+/t13?,14?,15-,16?,18?/m0/s1. The van der Waals surface area contributed by atoms with Gasteiger partial charge >= 0.3 is 0 Å². The first kappa shape index (κ1) is 25.0. The second-order valence-electron chi connectivity index (χ2n) is 6.87. The number of hydrogen-bond acceptors (Lipinski definition) is 9. The third-order valence-electron chi connectivity index (χ3n) is 4.88. The number of methoxy groups -OCH3 is 2. The Hall–Kier alpha value is -2.07. The van der Waals surface area contributed by atoms with E-state index < -0.39 is 30.8 Å². The first-order valence-electron chi connectivity index (χ1n) is 9.33. The molecule has 29 heavy (non-hydrogen) atoms. The van der Waals surface area contributed by atoms with Crippen LogP contribution in [0.3, 0.4) is 0 Å². The van der Waals surface area contributed by atoms with Crippen LogP contribution in [-0.2, 0) is 23.7 Å². The fourth-order valence-electron chi connectivity index (χ4n) is 3.10. The van der Waals surface area contributed by atoms with Crippen LogP contribution in [-0.4, -0.2) is 78.6 Å². The van der Waals surface area contributed by atoms with Gasteiger partial charge in [-0.1, -0.05) is 18.6 Å². The van der Waals surface area contributed by atoms with E-state index in [1.807, 2.05) is 13.0 Å². The molecule has 1 aliphatic rings. The van der Waals surface area contributed by atoms with Gasteiger partial charge in [-0.15, -0.1) is 0 Å². The number of rotatable bonds is 12. The third-order valence-corrected chi connectivity index (χ3v) is 4.88. The summed E-state index contributed by atoms with van der Waals surface area (Å²) in [5, 5.41) is 37.9. The van der Waals surface area contributed by atoms with Crippen molar-refractivity contribution in [2.24, 2.45) is 11.8 Å². The summed E-state index contributed by atoms with van der Waals surface area (Å²) in [5.41, 5.74) is 0.854. The molecule has 9 nitrogen and oxygen atoms in total. The van der Waals surface area contributed by atoms with E-state index in [0.29, 0.717) is 12.7 Å². The van der Waals surface area contributed by atoms with Crippen LogP contribution in [0.1, 0.15) is 20.3 Å². The predicted molar refractivity (Wildman–Crippen MR) is 104 cm³/mol. The van der Waals surface area contributed by atoms with Crippen molar-refractivity contribution in [3.05, 3.63) is 35.7 Å². The predicted octanol–water partition coefficient (Wildman–Crippen LogP) is 0.807. The van der Waals surface area contributed by atoms with Crippen LogP contribution in [0.4, 0.5) is 0 Å². The number of carbonyl (C=O) groups excluding carboxylic acids is 1. The van der Waals surface area contributed by atoms with Crippen molar-refractivity contribution < 1.29 is 44.2 Å². The van der Waals surface area contributed by atoms with E-state index in [4.69, 9.17) is 29.2 Å². The summed E-state index contributed by atoms with van der Waals surface area (Å²) < 4.78 is 20.9. The monoisotopic (exact) mass is 416 g/mol. The summed E-state index contributed by atoms with van der Waals surface area (Å²) in [4.78, 5) is 12.5. The van der Waals surface area contributed by atoms with Crippen LogP contribution in [0.2, 0.25) is 0 Å². The molecule has 0 amide bonds. The van der Waals surface area contributed by atoms with Crippen molar-refractivity contribution in [3.63, 3.8) is 0 Å². The average molecular weight is 416 g/mol. The van der Waals surface area contributed by atoms with Gasteiger partial charge in [-0.3, -0.25) is 4.79 Å². The summed E-state index contributed by atoms with van der Waals surface area (Å²) in [6, 6.07) is 0. The maximum atomic E-state index is 12.5. The van der Waals surface area contributed by atoms with Gasteiger partial charge in [-0.2, -0.15) is 0 Å². The Kier molecular flexibility index (Phi) is 10.7. The molecule has 0 saturated heterocycles. The Morgan fingerprint density at radius 2 is 1.97 bits per heavy atom. The SMILES string of the molecule is COC1=C(OC)C(O)C(C/C=C(\C)COCC(O/C=C\O)[C@@H](O)CO)C(C)C1=O. The minimum atomic E-state index is -1.16. The van der Waals surface area contributed by atoms with Gasteiger partial charge in [0, 0.05) is 11.8 Å². The zero-order chi connectivity index (χ0) is 22.0. The Labute approximate surface area is 170 Å². The molecule has 4 unspecified atom stereocenters. The normalized spacial score (nSPS) is 25.3. The smallest absolute Gasteiger partial charge is 0.204 e. The summed E-state index contributed by atoms with van der Waals surface area (Å²) in [7, 11) is 2.76. The fourth-order valence-corrected chi connectivity index (χ4v) is 3.10. The lowest BCUT2D eigenvalue weighted by atomic mass is 9.77. The van der Waals surface area contributed by atoms with Crippen molar-refractivity contribution in [2.45, 2.75) is 38.6 Å². The maximum Gasteiger partial charge on any atom is 0.204 e. The van der Waals surface area contributed by atoms with Gasteiger partial charge in [0.2, 0.25) is 11.5 Å². The van der Waals surface area contributed by atoms with E-state index in [2.05, 4.69) is 0 Å². The van der Waals surface area contributed by atoms with Crippen molar-refractivity contribution in [2.75, 3.05) is 34.0 Å². The van der Waals surface area contributed by atoms with Crippen LogP contribution in [0.5, 0.6) is 0 Å². The third kappa shape index (κ3) is 6.74. The zero-order valence-electron chi connectivity index (χ0n) is 17.3. The Morgan fingerprint density at radius 3 is 2.52 bits per heavy atom. The molecule has 0 saturated carbocycles. The Bertz CT molecular complexity index is 611. The molecule has 0 bridgehead atoms. The quantitative estimate of drug-likeness (QED) is 0.269. The number of ether oxygens (including phenoxy) is 4. The van der Waals surface area contributed by atoms with E-state index in [1.54, 1.807) is 6.92 Å². The van der Waals surface area contributed by atoms with Gasteiger partial charge in [0.15, 0.2) is 5.76 Å². The molecule has 1 aliphatic carbocycles. The molecule has 4 N–H and O–H groups in total. The average Bonchev–Trinajstić information content (AvgIpc) is 2.72. The summed E-state index contributed by atoms with van der Waals surface area (Å²) in [6.45, 7) is 3.29. The highest BCUT2D eigenvalue weighted by molar-refractivity contribution is 5.97. The largest absolute Gasteiger partial charge is 0.512 e. The van der Waals surface area contributed by atoms with Crippen molar-refractivity contribution in [3.8, 4) is 0 Å². The zero-order valence-corrected chi connectivity index (χ0v) is 17.3. The van der Waals surface area contributed by atoms with E-state index in [-0.39, 0.29) is 36.4 Å². The highest BCUT2D eigenvalue weighted by Gasteiger charge is 2.42. The minimum absolute atomic E-state index is 0.00799. The summed E-state index contributed by atoms with van der Waals surface area (Å²) >= 11 is 0. The molecule has 5 atom stereocenters. The van der Waals surface area contributed by atoms with Gasteiger partial charge in [0.25, 0.3) is 0 Å². The topological polar surface area (TPSA) is 135 Å². The van der Waals surface area contributed by atoms with Crippen molar-refractivity contribution in [1.29, 1.82) is 0 Å². The highest BCUT2D eigenvalue weighted by Crippen LogP contribution is 2.35. The van der Waals surface area contributed by atoms with Crippen LogP contribution in [0, 0.1) is 11.8 Å². The number of allylic oxidation sites excluding steroid dienone is 2. The van der Waals surface area contributed by atoms with Gasteiger partial charge in [0.1, 0.15) is 30.8 Å². The number of aliphatic hydroxyl groups is 4. The second kappa shape index (κ2) is 12.5. The molecule has 0 spiro atoms. The molecule has 0 aromatic heterocycles. The van der Waals surface area contributed by atoms with Crippen LogP contribution in [0.25, 0.3) is 0 Å². The van der Waals surface area contributed by atoms with Crippen LogP contribution in [0.15, 0.2) is 35.7 Å². The molecule has 0 radical (unpaired) electrons. The molecular formula is C20H32O9. The van der Waals surface area contributed by atoms with E-state index >= 15 is 0 Å². The number of aliphatic hydroxyl groups excluding tert-OH is 4. The van der Waals surface area contributed by atoms with Gasteiger partial charge < -0.3 is 39.4 Å². The van der Waals surface area contributed by atoms with E-state index in [0.717, 1.165) is 11.8 Å². The molecule has 0 fully saturated rings. The second-order valence-corrected chi connectivity index (χ2v) is 6.87. The van der Waals surface area contributed by atoms with Crippen molar-refractivity contribution >= 4 is 5.78 Å². The van der Waals surface area contributed by atoms with Crippen LogP contribution < -0.4 is 0 Å². The molecule has 0 aliphatic heterocycles. The fraction of sp³-hybridized carbons (Fsp3) is 0.650. The minimum Gasteiger partial charge on any atom is -0.512 e. The molecule has 0 heterocycles. The van der Waals surface area contributed by atoms with Crippen LogP contribution >= 0.6 is 0 Å². The first-order chi connectivity index (χ1) is 13.8. The summed E-state index contributed by atoms with van der Waals surface area (Å²) in [5.74, 6) is -0.826. The molecule has 0 aromatic rings. The highest BCUT2D eigenvalue weighted by atomic mass is 16.5. The molecule has 166 valence electrons. The summed E-state index contributed by atoms with van der Waals surface area (Å²) in [6.07, 6.45) is 1.01. The van der Waals surface area contributed by atoms with Gasteiger partial charge in [-0.25, -0.2) is 0 Å². The maximum absolute atomic E-state index is 12.5. The molecule has 0 aromatic carbocycles. The molecular weight excluding hydrogens is 384 g/mol. The lowest BCUT2D eigenvalue weighted by Gasteiger charge is -2.33. The molecule has 1 rings (SSSR count). The molecule has 9 heteroatoms. The van der Waals surface area contributed by atoms with Gasteiger partial charge in [-0.05, 0) is 13.3 Å². The first-order valence-corrected chi connectivity index (χ1v) is 9.33. The Morgan fingerprint density at radius 1 is 1.28 bits per heavy atom. The number of Topliss-reactive ketones (excluding diaryl/α,β-unsaturated/α-hetero) is 1. The Balaban J connectivity index is 2.68. The van der Waals surface area contributed by atoms with E-state index in [9.17, 15) is 15.0 Å². The van der Waals surface area contributed by atoms with Gasteiger partial charge in [0.05, 0.1) is 34.0 Å². The lowest BCUT2D eigenvalue weighted by Crippen LogP contribution is -2.40. The number of carbonyl (C=O) groups is 1. The van der Waals surface area contributed by atoms with Crippen molar-refractivity contribution in [1.82, 2.24) is 0 Å².